The Balaban J connectivity index is 1.46. The molecule has 5 heteroatoms. The van der Waals surface area contributed by atoms with Crippen LogP contribution in [0.25, 0.3) is 0 Å². The first-order valence-electron chi connectivity index (χ1n) is 10.5. The number of hydrogen-bond donors (Lipinski definition) is 1. The molecule has 1 aromatic heterocycles. The Morgan fingerprint density at radius 2 is 1.86 bits per heavy atom. The molecule has 0 unspecified atom stereocenters. The minimum atomic E-state index is 0.163. The summed E-state index contributed by atoms with van der Waals surface area (Å²) in [5, 5.41) is 3.33. The van der Waals surface area contributed by atoms with Crippen molar-refractivity contribution in [3.8, 4) is 0 Å². The number of carbonyl (C=O) groups is 1. The highest BCUT2D eigenvalue weighted by Crippen LogP contribution is 2.32. The van der Waals surface area contributed by atoms with Crippen molar-refractivity contribution in [2.45, 2.75) is 58.0 Å². The number of benzene rings is 1. The number of likely N-dealkylation sites (tertiary alicyclic amines) is 1. The van der Waals surface area contributed by atoms with Crippen LogP contribution in [-0.2, 0) is 17.8 Å². The molecule has 1 amide bonds. The molecule has 2 aromatic rings. The zero-order valence-corrected chi connectivity index (χ0v) is 16.9. The van der Waals surface area contributed by atoms with Gasteiger partial charge < -0.3 is 5.32 Å². The summed E-state index contributed by atoms with van der Waals surface area (Å²) in [6.07, 6.45) is 7.97. The Bertz CT molecular complexity index is 798. The standard InChI is InChI=1S/C23H30N4O/c1-3-4-22-24-11-17(12-25-22)13-27-14-20(18-7-5-16(2)6-8-18)21(15-27)26-23(28)19-9-10-19/h5-8,11-12,19-21H,3-4,9-10,13-15H2,1-2H3,(H,26,28)/t20-,21+/m0/s1. The summed E-state index contributed by atoms with van der Waals surface area (Å²) in [4.78, 5) is 23.8. The molecular formula is C23H30N4O. The highest BCUT2D eigenvalue weighted by molar-refractivity contribution is 5.81. The maximum atomic E-state index is 12.4. The molecule has 2 fully saturated rings. The monoisotopic (exact) mass is 378 g/mol. The van der Waals surface area contributed by atoms with E-state index in [1.54, 1.807) is 0 Å². The minimum Gasteiger partial charge on any atom is -0.351 e. The van der Waals surface area contributed by atoms with Gasteiger partial charge in [-0.25, -0.2) is 9.97 Å². The first kappa shape index (κ1) is 19.1. The first-order valence-corrected chi connectivity index (χ1v) is 10.5. The third kappa shape index (κ3) is 4.58. The predicted molar refractivity (Wildman–Crippen MR) is 110 cm³/mol. The number of nitrogens with one attached hydrogen (secondary N) is 1. The molecule has 1 saturated carbocycles. The molecule has 0 bridgehead atoms. The van der Waals surface area contributed by atoms with Crippen molar-refractivity contribution in [2.75, 3.05) is 13.1 Å². The normalized spacial score (nSPS) is 22.4. The van der Waals surface area contributed by atoms with Crippen LogP contribution < -0.4 is 5.32 Å². The van der Waals surface area contributed by atoms with Gasteiger partial charge >= 0.3 is 0 Å². The van der Waals surface area contributed by atoms with Gasteiger partial charge in [-0.15, -0.1) is 0 Å². The molecule has 1 aliphatic carbocycles. The van der Waals surface area contributed by atoms with Gasteiger partial charge in [0.05, 0.1) is 0 Å². The second-order valence-corrected chi connectivity index (χ2v) is 8.36. The van der Waals surface area contributed by atoms with Crippen LogP contribution in [0, 0.1) is 12.8 Å². The highest BCUT2D eigenvalue weighted by Gasteiger charge is 2.38. The smallest absolute Gasteiger partial charge is 0.223 e. The van der Waals surface area contributed by atoms with Crippen molar-refractivity contribution < 1.29 is 4.79 Å². The van der Waals surface area contributed by atoms with Gasteiger partial charge in [-0.3, -0.25) is 9.69 Å². The van der Waals surface area contributed by atoms with Crippen molar-refractivity contribution in [2.24, 2.45) is 5.92 Å². The van der Waals surface area contributed by atoms with Crippen LogP contribution in [-0.4, -0.2) is 39.9 Å². The average molecular weight is 379 g/mol. The van der Waals surface area contributed by atoms with Crippen molar-refractivity contribution >= 4 is 5.91 Å². The maximum absolute atomic E-state index is 12.4. The van der Waals surface area contributed by atoms with E-state index in [4.69, 9.17) is 0 Å². The fourth-order valence-electron chi connectivity index (χ4n) is 4.03. The van der Waals surface area contributed by atoms with Crippen LogP contribution >= 0.6 is 0 Å². The van der Waals surface area contributed by atoms with E-state index < -0.39 is 0 Å². The third-order valence-electron chi connectivity index (χ3n) is 5.82. The molecule has 2 aliphatic rings. The van der Waals surface area contributed by atoms with Crippen LogP contribution in [0.15, 0.2) is 36.7 Å². The number of hydrogen-bond acceptors (Lipinski definition) is 4. The largest absolute Gasteiger partial charge is 0.351 e. The molecule has 4 rings (SSSR count). The van der Waals surface area contributed by atoms with Gasteiger partial charge in [-0.2, -0.15) is 0 Å². The Morgan fingerprint density at radius 1 is 1.14 bits per heavy atom. The second kappa shape index (κ2) is 8.39. The summed E-state index contributed by atoms with van der Waals surface area (Å²) in [6, 6.07) is 8.91. The topological polar surface area (TPSA) is 58.1 Å². The summed E-state index contributed by atoms with van der Waals surface area (Å²) in [5.74, 6) is 1.71. The summed E-state index contributed by atoms with van der Waals surface area (Å²) < 4.78 is 0. The molecule has 1 saturated heterocycles. The SMILES string of the molecule is CCCc1ncc(CN2C[C@@H](NC(=O)C3CC3)[C@H](c3ccc(C)cc3)C2)cn1. The lowest BCUT2D eigenvalue weighted by Gasteiger charge is -2.20. The maximum Gasteiger partial charge on any atom is 0.223 e. The second-order valence-electron chi connectivity index (χ2n) is 8.36. The molecule has 2 heterocycles. The van der Waals surface area contributed by atoms with Crippen LogP contribution in [0.2, 0.25) is 0 Å². The Morgan fingerprint density at radius 3 is 2.50 bits per heavy atom. The fraction of sp³-hybridized carbons (Fsp3) is 0.522. The summed E-state index contributed by atoms with van der Waals surface area (Å²) in [7, 11) is 0. The molecule has 2 atom stereocenters. The van der Waals surface area contributed by atoms with Crippen LogP contribution in [0.1, 0.15) is 54.6 Å². The van der Waals surface area contributed by atoms with Crippen LogP contribution in [0.5, 0.6) is 0 Å². The van der Waals surface area contributed by atoms with Crippen molar-refractivity contribution in [3.05, 3.63) is 59.2 Å². The molecule has 1 aromatic carbocycles. The van der Waals surface area contributed by atoms with E-state index in [1.807, 2.05) is 12.4 Å². The molecule has 1 aliphatic heterocycles. The van der Waals surface area contributed by atoms with Gasteiger partial charge in [-0.1, -0.05) is 36.8 Å². The minimum absolute atomic E-state index is 0.163. The highest BCUT2D eigenvalue weighted by atomic mass is 16.2. The summed E-state index contributed by atoms with van der Waals surface area (Å²) in [5.41, 5.74) is 3.71. The number of nitrogens with zero attached hydrogens (tertiary/aromatic N) is 3. The number of carbonyl (C=O) groups excluding carboxylic acids is 1. The molecule has 28 heavy (non-hydrogen) atoms. The number of aryl methyl sites for hydroxylation is 2. The lowest BCUT2D eigenvalue weighted by Crippen LogP contribution is -2.40. The zero-order valence-electron chi connectivity index (χ0n) is 16.9. The van der Waals surface area contributed by atoms with Gasteiger partial charge in [0.1, 0.15) is 5.82 Å². The number of rotatable bonds is 7. The summed E-state index contributed by atoms with van der Waals surface area (Å²) in [6.45, 7) is 6.88. The lowest BCUT2D eigenvalue weighted by atomic mass is 9.93. The molecule has 5 nitrogen and oxygen atoms in total. The van der Waals surface area contributed by atoms with E-state index in [9.17, 15) is 4.79 Å². The van der Waals surface area contributed by atoms with Gasteiger partial charge in [0, 0.05) is 61.9 Å². The predicted octanol–water partition coefficient (Wildman–Crippen LogP) is 3.23. The quantitative estimate of drug-likeness (QED) is 0.804. The Hall–Kier alpha value is -2.27. The van der Waals surface area contributed by atoms with Crippen LogP contribution in [0.4, 0.5) is 0 Å². The van der Waals surface area contributed by atoms with Gasteiger partial charge in [0.15, 0.2) is 0 Å². The fourth-order valence-corrected chi connectivity index (χ4v) is 4.03. The van der Waals surface area contributed by atoms with E-state index in [1.165, 1.54) is 11.1 Å². The van der Waals surface area contributed by atoms with E-state index in [0.717, 1.165) is 56.7 Å². The summed E-state index contributed by atoms with van der Waals surface area (Å²) >= 11 is 0. The number of aromatic nitrogens is 2. The zero-order chi connectivity index (χ0) is 19.5. The Labute approximate surface area is 167 Å². The van der Waals surface area contributed by atoms with Crippen LogP contribution in [0.3, 0.4) is 0 Å². The lowest BCUT2D eigenvalue weighted by molar-refractivity contribution is -0.123. The number of amides is 1. The van der Waals surface area contributed by atoms with Gasteiger partial charge in [-0.05, 0) is 31.7 Å². The van der Waals surface area contributed by atoms with Crippen molar-refractivity contribution in [1.29, 1.82) is 0 Å². The van der Waals surface area contributed by atoms with Gasteiger partial charge in [0.25, 0.3) is 0 Å². The molecule has 0 radical (unpaired) electrons. The Kier molecular flexibility index (Phi) is 5.72. The average Bonchev–Trinajstić information content (AvgIpc) is 3.47. The van der Waals surface area contributed by atoms with E-state index >= 15 is 0 Å². The van der Waals surface area contributed by atoms with E-state index in [-0.39, 0.29) is 17.9 Å². The molecule has 148 valence electrons. The van der Waals surface area contributed by atoms with E-state index in [0.29, 0.717) is 5.92 Å². The van der Waals surface area contributed by atoms with E-state index in [2.05, 4.69) is 58.3 Å². The molecule has 1 N–H and O–H groups in total. The third-order valence-corrected chi connectivity index (χ3v) is 5.82. The van der Waals surface area contributed by atoms with Crippen molar-refractivity contribution in [3.63, 3.8) is 0 Å². The molecule has 0 spiro atoms. The first-order chi connectivity index (χ1) is 13.6. The van der Waals surface area contributed by atoms with Gasteiger partial charge in [0.2, 0.25) is 5.91 Å². The molecular weight excluding hydrogens is 348 g/mol. The van der Waals surface area contributed by atoms with Crippen molar-refractivity contribution in [1.82, 2.24) is 20.2 Å².